The van der Waals surface area contributed by atoms with E-state index in [1.807, 2.05) is 0 Å². The maximum Gasteiger partial charge on any atom is 0.123 e. The zero-order valence-electron chi connectivity index (χ0n) is 7.76. The molecule has 0 spiro atoms. The largest absolute Gasteiger partial charge is 0.383 e. The molecule has 0 bridgehead atoms. The van der Waals surface area contributed by atoms with Crippen LogP contribution >= 0.6 is 0 Å². The Morgan fingerprint density at radius 3 is 2.50 bits per heavy atom. The first kappa shape index (κ1) is 9.01. The molecular formula is C11H11FN2. The Labute approximate surface area is 82.4 Å². The molecule has 2 rings (SSSR count). The number of rotatable bonds is 3. The van der Waals surface area contributed by atoms with Crippen molar-refractivity contribution in [3.8, 4) is 6.07 Å². The smallest absolute Gasteiger partial charge is 0.123 e. The van der Waals surface area contributed by atoms with Crippen molar-refractivity contribution in [2.45, 2.75) is 12.8 Å². The first-order chi connectivity index (χ1) is 6.74. The van der Waals surface area contributed by atoms with Crippen molar-refractivity contribution in [1.29, 1.82) is 5.26 Å². The Hall–Kier alpha value is -1.56. The second-order valence-corrected chi connectivity index (χ2v) is 3.75. The van der Waals surface area contributed by atoms with E-state index in [0.717, 1.165) is 18.5 Å². The van der Waals surface area contributed by atoms with Crippen molar-refractivity contribution in [2.75, 3.05) is 11.9 Å². The van der Waals surface area contributed by atoms with Gasteiger partial charge in [0, 0.05) is 12.2 Å². The quantitative estimate of drug-likeness (QED) is 0.795. The fraction of sp³-hybridized carbons (Fsp3) is 0.364. The lowest BCUT2D eigenvalue weighted by Gasteiger charge is -2.08. The molecule has 0 aromatic heterocycles. The van der Waals surface area contributed by atoms with Crippen molar-refractivity contribution in [2.24, 2.45) is 5.41 Å². The maximum absolute atomic E-state index is 12.6. The molecule has 1 aromatic carbocycles. The van der Waals surface area contributed by atoms with Crippen LogP contribution in [0.1, 0.15) is 12.8 Å². The third-order valence-corrected chi connectivity index (χ3v) is 2.57. The van der Waals surface area contributed by atoms with Crippen molar-refractivity contribution in [3.63, 3.8) is 0 Å². The average molecular weight is 190 g/mol. The zero-order chi connectivity index (χ0) is 10.0. The number of hydrogen-bond donors (Lipinski definition) is 1. The van der Waals surface area contributed by atoms with Gasteiger partial charge in [-0.15, -0.1) is 0 Å². The number of nitriles is 1. The van der Waals surface area contributed by atoms with E-state index >= 15 is 0 Å². The molecule has 1 aliphatic rings. The van der Waals surface area contributed by atoms with Crippen LogP contribution < -0.4 is 5.32 Å². The normalized spacial score (nSPS) is 17.1. The summed E-state index contributed by atoms with van der Waals surface area (Å²) in [6, 6.07) is 8.49. The lowest BCUT2D eigenvalue weighted by atomic mass is 10.1. The number of nitrogens with zero attached hydrogens (tertiary/aromatic N) is 1. The molecule has 1 saturated carbocycles. The molecule has 0 heterocycles. The Bertz CT molecular complexity index is 360. The Balaban J connectivity index is 1.93. The van der Waals surface area contributed by atoms with Crippen LogP contribution in [-0.4, -0.2) is 6.54 Å². The van der Waals surface area contributed by atoms with Gasteiger partial charge in [-0.2, -0.15) is 5.26 Å². The molecule has 0 radical (unpaired) electrons. The summed E-state index contributed by atoms with van der Waals surface area (Å²) < 4.78 is 12.6. The maximum atomic E-state index is 12.6. The van der Waals surface area contributed by atoms with E-state index < -0.39 is 0 Å². The molecule has 0 saturated heterocycles. The van der Waals surface area contributed by atoms with E-state index in [9.17, 15) is 4.39 Å². The first-order valence-corrected chi connectivity index (χ1v) is 4.65. The van der Waals surface area contributed by atoms with E-state index in [4.69, 9.17) is 5.26 Å². The van der Waals surface area contributed by atoms with Crippen molar-refractivity contribution in [3.05, 3.63) is 30.1 Å². The molecule has 0 amide bonds. The van der Waals surface area contributed by atoms with Crippen molar-refractivity contribution >= 4 is 5.69 Å². The van der Waals surface area contributed by atoms with E-state index in [1.54, 1.807) is 12.1 Å². The molecule has 1 fully saturated rings. The molecule has 0 aliphatic heterocycles. The van der Waals surface area contributed by atoms with Gasteiger partial charge in [0.2, 0.25) is 0 Å². The second kappa shape index (κ2) is 3.30. The summed E-state index contributed by atoms with van der Waals surface area (Å²) in [6.07, 6.45) is 1.94. The first-order valence-electron chi connectivity index (χ1n) is 4.65. The molecule has 0 unspecified atom stereocenters. The van der Waals surface area contributed by atoms with Gasteiger partial charge in [0.15, 0.2) is 0 Å². The minimum atomic E-state index is -0.239. The predicted molar refractivity (Wildman–Crippen MR) is 52.2 cm³/mol. The number of benzene rings is 1. The summed E-state index contributed by atoms with van der Waals surface area (Å²) in [5, 5.41) is 12.0. The Kier molecular flexibility index (Phi) is 2.12. The third kappa shape index (κ3) is 1.85. The third-order valence-electron chi connectivity index (χ3n) is 2.57. The van der Waals surface area contributed by atoms with Gasteiger partial charge in [0.25, 0.3) is 0 Å². The highest BCUT2D eigenvalue weighted by atomic mass is 19.1. The number of nitrogens with one attached hydrogen (secondary N) is 1. The van der Waals surface area contributed by atoms with E-state index in [-0.39, 0.29) is 11.2 Å². The summed E-state index contributed by atoms with van der Waals surface area (Å²) in [7, 11) is 0. The highest BCUT2D eigenvalue weighted by Crippen LogP contribution is 2.44. The fourth-order valence-corrected chi connectivity index (χ4v) is 1.32. The van der Waals surface area contributed by atoms with Crippen LogP contribution in [0, 0.1) is 22.6 Å². The molecule has 14 heavy (non-hydrogen) atoms. The summed E-state index contributed by atoms with van der Waals surface area (Å²) in [6.45, 7) is 0.662. The van der Waals surface area contributed by atoms with Gasteiger partial charge in [-0.1, -0.05) is 0 Å². The Morgan fingerprint density at radius 1 is 1.36 bits per heavy atom. The van der Waals surface area contributed by atoms with Crippen LogP contribution in [-0.2, 0) is 0 Å². The standard InChI is InChI=1S/C11H11FN2/c12-9-1-3-10(4-2-9)14-8-11(7-13)5-6-11/h1-4,14H,5-6,8H2. The van der Waals surface area contributed by atoms with Crippen molar-refractivity contribution in [1.82, 2.24) is 0 Å². The summed E-state index contributed by atoms with van der Waals surface area (Å²) in [5.41, 5.74) is 0.710. The van der Waals surface area contributed by atoms with Gasteiger partial charge < -0.3 is 5.32 Å². The monoisotopic (exact) mass is 190 g/mol. The highest BCUT2D eigenvalue weighted by molar-refractivity contribution is 5.43. The minimum Gasteiger partial charge on any atom is -0.383 e. The number of anilines is 1. The number of hydrogen-bond acceptors (Lipinski definition) is 2. The minimum absolute atomic E-state index is 0.158. The Morgan fingerprint density at radius 2 is 2.00 bits per heavy atom. The summed E-state index contributed by atoms with van der Waals surface area (Å²) >= 11 is 0. The van der Waals surface area contributed by atoms with Gasteiger partial charge in [-0.25, -0.2) is 4.39 Å². The average Bonchev–Trinajstić information content (AvgIpc) is 2.98. The van der Waals surface area contributed by atoms with Crippen LogP contribution in [0.4, 0.5) is 10.1 Å². The van der Waals surface area contributed by atoms with Gasteiger partial charge in [-0.3, -0.25) is 0 Å². The molecule has 0 atom stereocenters. The summed E-state index contributed by atoms with van der Waals surface area (Å²) in [4.78, 5) is 0. The molecule has 2 nitrogen and oxygen atoms in total. The van der Waals surface area contributed by atoms with Crippen LogP contribution in [0.25, 0.3) is 0 Å². The predicted octanol–water partition coefficient (Wildman–Crippen LogP) is 2.54. The van der Waals surface area contributed by atoms with Crippen molar-refractivity contribution < 1.29 is 4.39 Å². The second-order valence-electron chi connectivity index (χ2n) is 3.75. The van der Waals surface area contributed by atoms with E-state index in [1.165, 1.54) is 12.1 Å². The van der Waals surface area contributed by atoms with Gasteiger partial charge >= 0.3 is 0 Å². The zero-order valence-corrected chi connectivity index (χ0v) is 7.76. The molecule has 1 aliphatic carbocycles. The van der Waals surface area contributed by atoms with E-state index in [2.05, 4.69) is 11.4 Å². The molecular weight excluding hydrogens is 179 g/mol. The fourth-order valence-electron chi connectivity index (χ4n) is 1.32. The lowest BCUT2D eigenvalue weighted by Crippen LogP contribution is -2.13. The van der Waals surface area contributed by atoms with E-state index in [0.29, 0.717) is 6.54 Å². The topological polar surface area (TPSA) is 35.8 Å². The molecule has 1 aromatic rings. The SMILES string of the molecule is N#CC1(CNc2ccc(F)cc2)CC1. The summed E-state index contributed by atoms with van der Waals surface area (Å²) in [5.74, 6) is -0.239. The van der Waals surface area contributed by atoms with Gasteiger partial charge in [-0.05, 0) is 37.1 Å². The molecule has 3 heteroatoms. The van der Waals surface area contributed by atoms with Gasteiger partial charge in [0.1, 0.15) is 5.82 Å². The van der Waals surface area contributed by atoms with Crippen LogP contribution in [0.15, 0.2) is 24.3 Å². The highest BCUT2D eigenvalue weighted by Gasteiger charge is 2.42. The lowest BCUT2D eigenvalue weighted by molar-refractivity contribution is 0.628. The molecule has 1 N–H and O–H groups in total. The van der Waals surface area contributed by atoms with Gasteiger partial charge in [0.05, 0.1) is 11.5 Å². The number of halogens is 1. The van der Waals surface area contributed by atoms with Crippen LogP contribution in [0.3, 0.4) is 0 Å². The van der Waals surface area contributed by atoms with Crippen LogP contribution in [0.5, 0.6) is 0 Å². The van der Waals surface area contributed by atoms with Crippen LogP contribution in [0.2, 0.25) is 0 Å². The molecule has 72 valence electrons.